The molecule has 3 nitrogen and oxygen atoms in total. The highest BCUT2D eigenvalue weighted by Gasteiger charge is 2.19. The largest absolute Gasteiger partial charge is 0.389 e. The second-order valence-electron chi connectivity index (χ2n) is 5.56. The first kappa shape index (κ1) is 15.7. The molecule has 0 fully saturated rings. The average Bonchev–Trinajstić information content (AvgIpc) is 2.68. The van der Waals surface area contributed by atoms with Gasteiger partial charge in [-0.15, -0.1) is 0 Å². The zero-order valence-electron chi connectivity index (χ0n) is 12.8. The molecule has 0 saturated carbocycles. The molecule has 3 rings (SSSR count). The van der Waals surface area contributed by atoms with Crippen molar-refractivity contribution in [3.63, 3.8) is 0 Å². The number of rotatable bonds is 4. The maximum Gasteiger partial charge on any atom is 0.0613 e. The van der Waals surface area contributed by atoms with Gasteiger partial charge in [0.2, 0.25) is 0 Å². The van der Waals surface area contributed by atoms with Gasteiger partial charge in [0.1, 0.15) is 0 Å². The highest BCUT2D eigenvalue weighted by molar-refractivity contribution is 6.42. The molecule has 0 amide bonds. The number of nitrogens with zero attached hydrogens (tertiary/aromatic N) is 1. The lowest BCUT2D eigenvalue weighted by atomic mass is 10.1. The average molecular weight is 338 g/mol. The second kappa shape index (κ2) is 6.95. The summed E-state index contributed by atoms with van der Waals surface area (Å²) >= 11 is 12.5. The van der Waals surface area contributed by atoms with Crippen LogP contribution in [0.15, 0.2) is 24.4 Å². The van der Waals surface area contributed by atoms with Crippen LogP contribution in [-0.4, -0.2) is 24.2 Å². The Morgan fingerprint density at radius 3 is 2.82 bits per heavy atom. The van der Waals surface area contributed by atoms with E-state index >= 15 is 0 Å². The fraction of sp³-hybridized carbons (Fsp3) is 0.412. The lowest BCUT2D eigenvalue weighted by Gasteiger charge is -2.11. The molecule has 118 valence electrons. The van der Waals surface area contributed by atoms with Crippen molar-refractivity contribution in [1.82, 2.24) is 15.2 Å². The van der Waals surface area contributed by atoms with Crippen molar-refractivity contribution >= 4 is 34.1 Å². The molecule has 22 heavy (non-hydrogen) atoms. The number of aromatic nitrogens is 1. The van der Waals surface area contributed by atoms with Crippen LogP contribution in [-0.2, 0) is 19.4 Å². The Kier molecular flexibility index (Phi) is 4.97. The third-order valence-corrected chi connectivity index (χ3v) is 4.91. The zero-order valence-corrected chi connectivity index (χ0v) is 14.3. The molecule has 0 spiro atoms. The fourth-order valence-corrected chi connectivity index (χ4v) is 3.53. The van der Waals surface area contributed by atoms with Crippen molar-refractivity contribution in [3.05, 3.63) is 45.7 Å². The topological polar surface area (TPSA) is 29.0 Å². The Hall–Kier alpha value is -1.16. The summed E-state index contributed by atoms with van der Waals surface area (Å²) in [5, 5.41) is 9.30. The van der Waals surface area contributed by atoms with Gasteiger partial charge in [-0.2, -0.15) is 0 Å². The van der Waals surface area contributed by atoms with Crippen molar-refractivity contribution in [2.45, 2.75) is 26.3 Å². The number of nitrogens with one attached hydrogen (secondary N) is 2. The summed E-state index contributed by atoms with van der Waals surface area (Å²) in [5.41, 5.74) is 4.04. The van der Waals surface area contributed by atoms with Crippen molar-refractivity contribution < 1.29 is 0 Å². The SMILES string of the molecule is C/C=C/NCCn1c2c(c3cc(Cl)c(Cl)cc31)CCNCC2. The Morgan fingerprint density at radius 2 is 2.00 bits per heavy atom. The van der Waals surface area contributed by atoms with Crippen LogP contribution < -0.4 is 10.6 Å². The fourth-order valence-electron chi connectivity index (χ4n) is 3.21. The molecule has 1 aliphatic rings. The molecule has 0 bridgehead atoms. The molecule has 1 aromatic heterocycles. The Labute approximate surface area is 141 Å². The lowest BCUT2D eigenvalue weighted by molar-refractivity contribution is 0.640. The van der Waals surface area contributed by atoms with Gasteiger partial charge in [-0.05, 0) is 43.8 Å². The number of halogens is 2. The molecule has 1 aliphatic heterocycles. The molecule has 1 aromatic carbocycles. The Balaban J connectivity index is 2.07. The highest BCUT2D eigenvalue weighted by atomic mass is 35.5. The van der Waals surface area contributed by atoms with Crippen LogP contribution in [0.2, 0.25) is 10.0 Å². The van der Waals surface area contributed by atoms with Gasteiger partial charge in [-0.3, -0.25) is 0 Å². The van der Waals surface area contributed by atoms with E-state index in [9.17, 15) is 0 Å². The summed E-state index contributed by atoms with van der Waals surface area (Å²) in [6.07, 6.45) is 6.08. The van der Waals surface area contributed by atoms with Gasteiger partial charge >= 0.3 is 0 Å². The predicted octanol–water partition coefficient (Wildman–Crippen LogP) is 3.76. The number of benzene rings is 1. The maximum atomic E-state index is 6.25. The molecule has 0 unspecified atom stereocenters. The van der Waals surface area contributed by atoms with Crippen LogP contribution in [0.25, 0.3) is 10.9 Å². The van der Waals surface area contributed by atoms with Gasteiger partial charge in [-0.1, -0.05) is 29.3 Å². The molecular weight excluding hydrogens is 317 g/mol. The highest BCUT2D eigenvalue weighted by Crippen LogP contribution is 2.34. The molecule has 2 N–H and O–H groups in total. The van der Waals surface area contributed by atoms with Crippen LogP contribution in [0.1, 0.15) is 18.2 Å². The molecule has 0 aliphatic carbocycles. The van der Waals surface area contributed by atoms with E-state index < -0.39 is 0 Å². The Bertz CT molecular complexity index is 704. The molecule has 2 aromatic rings. The zero-order chi connectivity index (χ0) is 15.5. The van der Waals surface area contributed by atoms with Crippen molar-refractivity contribution in [1.29, 1.82) is 0 Å². The molecule has 0 saturated heterocycles. The summed E-state index contributed by atoms with van der Waals surface area (Å²) in [7, 11) is 0. The van der Waals surface area contributed by atoms with E-state index in [0.717, 1.165) is 39.0 Å². The minimum Gasteiger partial charge on any atom is -0.389 e. The van der Waals surface area contributed by atoms with Crippen molar-refractivity contribution in [2.24, 2.45) is 0 Å². The quantitative estimate of drug-likeness (QED) is 0.831. The van der Waals surface area contributed by atoms with Crippen LogP contribution in [0, 0.1) is 0 Å². The summed E-state index contributed by atoms with van der Waals surface area (Å²) < 4.78 is 2.40. The van der Waals surface area contributed by atoms with Crippen LogP contribution in [0.4, 0.5) is 0 Å². The van der Waals surface area contributed by atoms with Gasteiger partial charge < -0.3 is 15.2 Å². The molecular formula is C17H21Cl2N3. The van der Waals surface area contributed by atoms with E-state index in [-0.39, 0.29) is 0 Å². The van der Waals surface area contributed by atoms with Crippen LogP contribution in [0.3, 0.4) is 0 Å². The van der Waals surface area contributed by atoms with Gasteiger partial charge in [0.25, 0.3) is 0 Å². The van der Waals surface area contributed by atoms with Gasteiger partial charge in [0.05, 0.1) is 15.6 Å². The van der Waals surface area contributed by atoms with Crippen molar-refractivity contribution in [2.75, 3.05) is 19.6 Å². The third kappa shape index (κ3) is 2.98. The van der Waals surface area contributed by atoms with E-state index in [2.05, 4.69) is 15.2 Å². The van der Waals surface area contributed by atoms with Crippen LogP contribution in [0.5, 0.6) is 0 Å². The van der Waals surface area contributed by atoms with Gasteiger partial charge in [0.15, 0.2) is 0 Å². The predicted molar refractivity (Wildman–Crippen MR) is 95.1 cm³/mol. The monoisotopic (exact) mass is 337 g/mol. The summed E-state index contributed by atoms with van der Waals surface area (Å²) in [6, 6.07) is 4.04. The first-order valence-electron chi connectivity index (χ1n) is 7.76. The minimum absolute atomic E-state index is 0.627. The lowest BCUT2D eigenvalue weighted by Crippen LogP contribution is -2.19. The Morgan fingerprint density at radius 1 is 1.23 bits per heavy atom. The van der Waals surface area contributed by atoms with Gasteiger partial charge in [0, 0.05) is 37.1 Å². The summed E-state index contributed by atoms with van der Waals surface area (Å²) in [4.78, 5) is 0. The molecule has 2 heterocycles. The van der Waals surface area contributed by atoms with Gasteiger partial charge in [-0.25, -0.2) is 0 Å². The smallest absolute Gasteiger partial charge is 0.0613 e. The number of hydrogen-bond acceptors (Lipinski definition) is 2. The summed E-state index contributed by atoms with van der Waals surface area (Å²) in [5.74, 6) is 0. The standard InChI is InChI=1S/C17H21Cl2N3/c1-2-5-20-8-9-22-16-4-7-21-6-3-12(16)13-10-14(18)15(19)11-17(13)22/h2,5,10-11,20-21H,3-4,6-9H2,1H3/b5-2+. The molecule has 0 radical (unpaired) electrons. The third-order valence-electron chi connectivity index (χ3n) is 4.18. The summed E-state index contributed by atoms with van der Waals surface area (Å²) in [6.45, 7) is 5.87. The van der Waals surface area contributed by atoms with E-state index in [1.54, 1.807) is 0 Å². The van der Waals surface area contributed by atoms with E-state index in [4.69, 9.17) is 23.2 Å². The second-order valence-corrected chi connectivity index (χ2v) is 6.38. The number of fused-ring (bicyclic) bond motifs is 3. The van der Waals surface area contributed by atoms with E-state index in [1.165, 1.54) is 22.2 Å². The normalized spacial score (nSPS) is 15.2. The molecule has 5 heteroatoms. The van der Waals surface area contributed by atoms with E-state index in [1.807, 2.05) is 31.3 Å². The van der Waals surface area contributed by atoms with Crippen molar-refractivity contribution in [3.8, 4) is 0 Å². The first-order valence-corrected chi connectivity index (χ1v) is 8.52. The minimum atomic E-state index is 0.627. The number of hydrogen-bond donors (Lipinski definition) is 2. The molecule has 0 atom stereocenters. The first-order chi connectivity index (χ1) is 10.7. The van der Waals surface area contributed by atoms with E-state index in [0.29, 0.717) is 10.0 Å². The van der Waals surface area contributed by atoms with Crippen LogP contribution >= 0.6 is 23.2 Å². The number of allylic oxidation sites excluding steroid dienone is 1. The maximum absolute atomic E-state index is 6.25.